The number of hydrogen-bond donors (Lipinski definition) is 4. The van der Waals surface area contributed by atoms with E-state index in [9.17, 15) is 9.90 Å². The molecule has 2 aromatic rings. The Kier molecular flexibility index (Phi) is 2.42. The maximum atomic E-state index is 11.9. The first-order valence-electron chi connectivity index (χ1n) is 5.51. The smallest absolute Gasteiger partial charge is 0.330 e. The van der Waals surface area contributed by atoms with Gasteiger partial charge in [0.2, 0.25) is 0 Å². The van der Waals surface area contributed by atoms with E-state index in [1.807, 2.05) is 0 Å². The number of aromatic amines is 1. The summed E-state index contributed by atoms with van der Waals surface area (Å²) in [7, 11) is 0. The Balaban J connectivity index is 2.11. The van der Waals surface area contributed by atoms with E-state index in [1.54, 1.807) is 0 Å². The molecule has 0 fully saturated rings. The van der Waals surface area contributed by atoms with Crippen molar-refractivity contribution in [2.24, 2.45) is 0 Å². The number of nitrogens with one attached hydrogen (secondary N) is 1. The van der Waals surface area contributed by atoms with Gasteiger partial charge in [0.05, 0.1) is 6.42 Å². The van der Waals surface area contributed by atoms with Gasteiger partial charge in [0.1, 0.15) is 24.2 Å². The second-order valence-electron chi connectivity index (χ2n) is 4.06. The summed E-state index contributed by atoms with van der Waals surface area (Å²) in [6.45, 7) is -0.434. The summed E-state index contributed by atoms with van der Waals surface area (Å²) in [4.78, 5) is 22.2. The molecule has 0 aliphatic carbocycles. The third-order valence-corrected chi connectivity index (χ3v) is 2.94. The standard InChI is InChI=1S/C10H11N5O4/c11-8-7-9(13-3-12-8)15(10(18)14-7)6-1-4(17)5(2-16)19-6/h3,6,16-17H,1-2H2,(H,14,18)(H2,11,12,13)/t6-/m1/s1. The molecule has 3 heterocycles. The highest BCUT2D eigenvalue weighted by molar-refractivity contribution is 5.81. The van der Waals surface area contributed by atoms with Crippen molar-refractivity contribution in [3.8, 4) is 0 Å². The molecule has 100 valence electrons. The molecule has 0 saturated carbocycles. The zero-order chi connectivity index (χ0) is 13.6. The number of aromatic nitrogens is 4. The lowest BCUT2D eigenvalue weighted by Crippen LogP contribution is -2.22. The Morgan fingerprint density at radius 3 is 3.05 bits per heavy atom. The number of nitrogen functional groups attached to an aromatic ring is 1. The minimum Gasteiger partial charge on any atom is -0.508 e. The molecule has 0 spiro atoms. The van der Waals surface area contributed by atoms with Crippen LogP contribution in [0.3, 0.4) is 0 Å². The normalized spacial score (nSPS) is 19.1. The predicted molar refractivity (Wildman–Crippen MR) is 64.0 cm³/mol. The van der Waals surface area contributed by atoms with Crippen molar-refractivity contribution in [2.45, 2.75) is 12.6 Å². The number of fused-ring (bicyclic) bond motifs is 1. The maximum Gasteiger partial charge on any atom is 0.330 e. The fourth-order valence-electron chi connectivity index (χ4n) is 2.05. The van der Waals surface area contributed by atoms with Crippen LogP contribution in [0.2, 0.25) is 0 Å². The summed E-state index contributed by atoms with van der Waals surface area (Å²) in [6, 6.07) is 0. The predicted octanol–water partition coefficient (Wildman–Crippen LogP) is -0.617. The SMILES string of the molecule is Nc1ncnc2c1[nH]c(=O)n2[C@H]1CC(O)=C(CO)O1. The fourth-order valence-corrected chi connectivity index (χ4v) is 2.05. The molecule has 0 saturated heterocycles. The van der Waals surface area contributed by atoms with Crippen molar-refractivity contribution in [1.82, 2.24) is 19.5 Å². The van der Waals surface area contributed by atoms with Crippen LogP contribution in [0.5, 0.6) is 0 Å². The third-order valence-electron chi connectivity index (χ3n) is 2.94. The lowest BCUT2D eigenvalue weighted by Gasteiger charge is -2.12. The summed E-state index contributed by atoms with van der Waals surface area (Å²) in [5.74, 6) is 0.113. The fraction of sp³-hybridized carbons (Fsp3) is 0.300. The first-order valence-corrected chi connectivity index (χ1v) is 5.51. The Morgan fingerprint density at radius 2 is 2.37 bits per heavy atom. The second-order valence-corrected chi connectivity index (χ2v) is 4.06. The second kappa shape index (κ2) is 3.99. The highest BCUT2D eigenvalue weighted by Crippen LogP contribution is 2.31. The van der Waals surface area contributed by atoms with Crippen LogP contribution in [0.4, 0.5) is 5.82 Å². The van der Waals surface area contributed by atoms with E-state index >= 15 is 0 Å². The lowest BCUT2D eigenvalue weighted by molar-refractivity contribution is 0.0633. The summed E-state index contributed by atoms with van der Waals surface area (Å²) < 4.78 is 6.55. The number of imidazole rings is 1. The van der Waals surface area contributed by atoms with Gasteiger partial charge in [0, 0.05) is 0 Å². The summed E-state index contributed by atoms with van der Waals surface area (Å²) in [5.41, 5.74) is 5.77. The maximum absolute atomic E-state index is 11.9. The number of hydrogen-bond acceptors (Lipinski definition) is 7. The summed E-state index contributed by atoms with van der Waals surface area (Å²) in [5, 5.41) is 18.6. The largest absolute Gasteiger partial charge is 0.508 e. The minimum atomic E-state index is -0.766. The van der Waals surface area contributed by atoms with Gasteiger partial charge in [-0.3, -0.25) is 0 Å². The molecule has 1 aliphatic rings. The van der Waals surface area contributed by atoms with Crippen LogP contribution in [-0.4, -0.2) is 36.3 Å². The van der Waals surface area contributed by atoms with Crippen LogP contribution < -0.4 is 11.4 Å². The Morgan fingerprint density at radius 1 is 1.58 bits per heavy atom. The topological polar surface area (TPSA) is 139 Å². The van der Waals surface area contributed by atoms with E-state index in [0.717, 1.165) is 0 Å². The molecule has 19 heavy (non-hydrogen) atoms. The third kappa shape index (κ3) is 1.63. The minimum absolute atomic E-state index is 0.0493. The van der Waals surface area contributed by atoms with Crippen molar-refractivity contribution in [1.29, 1.82) is 0 Å². The van der Waals surface area contributed by atoms with Crippen molar-refractivity contribution in [3.05, 3.63) is 28.3 Å². The van der Waals surface area contributed by atoms with Crippen molar-refractivity contribution in [3.63, 3.8) is 0 Å². The lowest BCUT2D eigenvalue weighted by atomic mass is 10.3. The highest BCUT2D eigenvalue weighted by Gasteiger charge is 2.29. The van der Waals surface area contributed by atoms with E-state index in [-0.39, 0.29) is 29.4 Å². The number of ether oxygens (including phenoxy) is 1. The summed E-state index contributed by atoms with van der Waals surface area (Å²) >= 11 is 0. The number of H-pyrrole nitrogens is 1. The number of nitrogens with zero attached hydrogens (tertiary/aromatic N) is 3. The molecule has 9 nitrogen and oxygen atoms in total. The molecule has 1 aliphatic heterocycles. The van der Waals surface area contributed by atoms with Crippen LogP contribution in [0.25, 0.3) is 11.2 Å². The molecule has 0 radical (unpaired) electrons. The molecule has 9 heteroatoms. The van der Waals surface area contributed by atoms with Gasteiger partial charge in [-0.25, -0.2) is 19.3 Å². The molecular weight excluding hydrogens is 254 g/mol. The van der Waals surface area contributed by atoms with Gasteiger partial charge in [-0.15, -0.1) is 0 Å². The quantitative estimate of drug-likeness (QED) is 0.567. The number of rotatable bonds is 2. The van der Waals surface area contributed by atoms with Crippen LogP contribution in [0.15, 0.2) is 22.6 Å². The van der Waals surface area contributed by atoms with Gasteiger partial charge in [0.25, 0.3) is 0 Å². The van der Waals surface area contributed by atoms with Crippen LogP contribution in [-0.2, 0) is 4.74 Å². The molecule has 1 atom stereocenters. The molecule has 0 unspecified atom stereocenters. The van der Waals surface area contributed by atoms with Gasteiger partial charge >= 0.3 is 5.69 Å². The van der Waals surface area contributed by atoms with Gasteiger partial charge in [-0.2, -0.15) is 0 Å². The Bertz CT molecular complexity index is 731. The van der Waals surface area contributed by atoms with Gasteiger partial charge < -0.3 is 25.7 Å². The molecule has 2 aromatic heterocycles. The molecular formula is C10H11N5O4. The molecule has 3 rings (SSSR count). The molecule has 0 amide bonds. The monoisotopic (exact) mass is 265 g/mol. The van der Waals surface area contributed by atoms with Crippen molar-refractivity contribution >= 4 is 17.0 Å². The van der Waals surface area contributed by atoms with E-state index in [4.69, 9.17) is 15.6 Å². The number of aliphatic hydroxyl groups excluding tert-OH is 2. The molecule has 0 aromatic carbocycles. The Hall–Kier alpha value is -2.55. The highest BCUT2D eigenvalue weighted by atomic mass is 16.5. The van der Waals surface area contributed by atoms with E-state index in [2.05, 4.69) is 15.0 Å². The average molecular weight is 265 g/mol. The average Bonchev–Trinajstić information content (AvgIpc) is 2.90. The van der Waals surface area contributed by atoms with Crippen molar-refractivity contribution < 1.29 is 14.9 Å². The number of anilines is 1. The first-order chi connectivity index (χ1) is 9.11. The number of aliphatic hydroxyl groups is 2. The molecule has 5 N–H and O–H groups in total. The summed E-state index contributed by atoms with van der Waals surface area (Å²) in [6.07, 6.45) is 0.543. The zero-order valence-corrected chi connectivity index (χ0v) is 9.70. The van der Waals surface area contributed by atoms with Crippen LogP contribution in [0, 0.1) is 0 Å². The van der Waals surface area contributed by atoms with E-state index in [0.29, 0.717) is 5.52 Å². The van der Waals surface area contributed by atoms with E-state index in [1.165, 1.54) is 10.9 Å². The van der Waals surface area contributed by atoms with Gasteiger partial charge in [-0.1, -0.05) is 0 Å². The molecule has 0 bridgehead atoms. The van der Waals surface area contributed by atoms with E-state index < -0.39 is 18.5 Å². The van der Waals surface area contributed by atoms with Gasteiger partial charge in [0.15, 0.2) is 23.5 Å². The van der Waals surface area contributed by atoms with Crippen molar-refractivity contribution in [2.75, 3.05) is 12.3 Å². The Labute approximate surface area is 106 Å². The van der Waals surface area contributed by atoms with Gasteiger partial charge in [-0.05, 0) is 0 Å². The number of nitrogens with two attached hydrogens (primary N) is 1. The first kappa shape index (κ1) is 11.5. The zero-order valence-electron chi connectivity index (χ0n) is 9.70. The van der Waals surface area contributed by atoms with Crippen LogP contribution >= 0.6 is 0 Å². The van der Waals surface area contributed by atoms with Crippen LogP contribution in [0.1, 0.15) is 12.6 Å².